The monoisotopic (exact) mass is 197 g/mol. The zero-order valence-electron chi connectivity index (χ0n) is 8.46. The molecule has 1 aromatic carbocycles. The fraction of sp³-hybridized carbons (Fsp3) is 0.0833. The molecule has 0 aliphatic rings. The van der Waals surface area contributed by atoms with Crippen LogP contribution in [-0.2, 0) is 0 Å². The molecule has 15 heavy (non-hydrogen) atoms. The molecule has 0 fully saturated rings. The van der Waals surface area contributed by atoms with Crippen LogP contribution in [0.2, 0.25) is 0 Å². The highest BCUT2D eigenvalue weighted by Gasteiger charge is 1.91. The highest BCUT2D eigenvalue weighted by molar-refractivity contribution is 5.67. The summed E-state index contributed by atoms with van der Waals surface area (Å²) in [6.45, 7) is 1.83. The van der Waals surface area contributed by atoms with Gasteiger partial charge in [-0.15, -0.1) is 5.10 Å². The molecule has 0 radical (unpaired) electrons. The smallest absolute Gasteiger partial charge is 0.148 e. The summed E-state index contributed by atoms with van der Waals surface area (Å²) < 4.78 is 0. The van der Waals surface area contributed by atoms with Gasteiger partial charge in [0.2, 0.25) is 0 Å². The fourth-order valence-electron chi connectivity index (χ4n) is 1.24. The second-order valence-electron chi connectivity index (χ2n) is 3.17. The first-order chi connectivity index (χ1) is 7.34. The zero-order valence-corrected chi connectivity index (χ0v) is 8.46. The molecule has 0 N–H and O–H groups in total. The number of hydrogen-bond donors (Lipinski definition) is 0. The van der Waals surface area contributed by atoms with E-state index in [1.807, 2.05) is 49.4 Å². The molecule has 0 aliphatic carbocycles. The van der Waals surface area contributed by atoms with Crippen molar-refractivity contribution in [1.82, 2.24) is 15.2 Å². The van der Waals surface area contributed by atoms with Gasteiger partial charge in [-0.1, -0.05) is 36.4 Å². The minimum Gasteiger partial charge on any atom is -0.230 e. The van der Waals surface area contributed by atoms with Crippen LogP contribution in [0.15, 0.2) is 36.5 Å². The molecule has 0 aliphatic heterocycles. The molecule has 2 rings (SSSR count). The highest BCUT2D eigenvalue weighted by atomic mass is 15.1. The Morgan fingerprint density at radius 1 is 1.07 bits per heavy atom. The summed E-state index contributed by atoms with van der Waals surface area (Å²) in [5.41, 5.74) is 1.97. The Morgan fingerprint density at radius 2 is 1.87 bits per heavy atom. The van der Waals surface area contributed by atoms with Crippen molar-refractivity contribution in [2.45, 2.75) is 6.92 Å². The number of aryl methyl sites for hydroxylation is 1. The van der Waals surface area contributed by atoms with E-state index in [0.29, 0.717) is 5.82 Å². The molecule has 0 atom stereocenters. The van der Waals surface area contributed by atoms with E-state index in [9.17, 15) is 0 Å². The molecular formula is C12H11N3. The number of nitrogens with zero attached hydrogens (tertiary/aromatic N) is 3. The summed E-state index contributed by atoms with van der Waals surface area (Å²) in [6, 6.07) is 10.1. The lowest BCUT2D eigenvalue weighted by atomic mass is 10.2. The maximum atomic E-state index is 4.23. The molecule has 0 saturated heterocycles. The molecule has 2 aromatic rings. The van der Waals surface area contributed by atoms with Crippen LogP contribution < -0.4 is 0 Å². The molecule has 1 heterocycles. The minimum atomic E-state index is 0.685. The van der Waals surface area contributed by atoms with Gasteiger partial charge >= 0.3 is 0 Å². The topological polar surface area (TPSA) is 38.7 Å². The lowest BCUT2D eigenvalue weighted by Crippen LogP contribution is -1.92. The Labute approximate surface area is 88.5 Å². The van der Waals surface area contributed by atoms with Crippen molar-refractivity contribution < 1.29 is 0 Å². The summed E-state index contributed by atoms with van der Waals surface area (Å²) in [6.07, 6.45) is 5.58. The fourth-order valence-corrected chi connectivity index (χ4v) is 1.24. The van der Waals surface area contributed by atoms with Crippen LogP contribution >= 0.6 is 0 Å². The molecule has 0 bridgehead atoms. The van der Waals surface area contributed by atoms with Crippen LogP contribution in [0, 0.1) is 6.92 Å². The third-order valence-corrected chi connectivity index (χ3v) is 1.93. The average molecular weight is 197 g/mol. The van der Waals surface area contributed by atoms with E-state index < -0.39 is 0 Å². The quantitative estimate of drug-likeness (QED) is 0.741. The van der Waals surface area contributed by atoms with E-state index >= 15 is 0 Å². The summed E-state index contributed by atoms with van der Waals surface area (Å²) >= 11 is 0. The summed E-state index contributed by atoms with van der Waals surface area (Å²) in [4.78, 5) is 4.23. The zero-order chi connectivity index (χ0) is 10.5. The summed E-state index contributed by atoms with van der Waals surface area (Å²) in [5.74, 6) is 0.685. The number of benzene rings is 1. The second-order valence-corrected chi connectivity index (χ2v) is 3.17. The maximum absolute atomic E-state index is 4.23. The Bertz CT molecular complexity index is 463. The summed E-state index contributed by atoms with van der Waals surface area (Å²) in [7, 11) is 0. The van der Waals surface area contributed by atoms with Gasteiger partial charge in [-0.05, 0) is 18.6 Å². The third-order valence-electron chi connectivity index (χ3n) is 1.93. The third kappa shape index (κ3) is 2.71. The standard InChI is InChI=1S/C12H11N3/c1-10-14-12(9-13-15-10)8-7-11-5-3-2-4-6-11/h2-9H,1H3/b8-7+. The maximum Gasteiger partial charge on any atom is 0.148 e. The van der Waals surface area contributed by atoms with Gasteiger partial charge in [0.05, 0.1) is 11.9 Å². The van der Waals surface area contributed by atoms with Crippen molar-refractivity contribution in [3.05, 3.63) is 53.6 Å². The molecule has 1 aromatic heterocycles. The Kier molecular flexibility index (Phi) is 2.83. The second kappa shape index (κ2) is 4.46. The van der Waals surface area contributed by atoms with Crippen molar-refractivity contribution in [3.63, 3.8) is 0 Å². The van der Waals surface area contributed by atoms with Gasteiger partial charge < -0.3 is 0 Å². The molecule has 0 unspecified atom stereocenters. The van der Waals surface area contributed by atoms with Gasteiger partial charge in [-0.2, -0.15) is 5.10 Å². The number of hydrogen-bond acceptors (Lipinski definition) is 3. The van der Waals surface area contributed by atoms with Gasteiger partial charge in [0.1, 0.15) is 5.82 Å². The van der Waals surface area contributed by atoms with Crippen LogP contribution in [0.3, 0.4) is 0 Å². The van der Waals surface area contributed by atoms with Crippen molar-refractivity contribution in [1.29, 1.82) is 0 Å². The van der Waals surface area contributed by atoms with Crippen molar-refractivity contribution in [2.75, 3.05) is 0 Å². The minimum absolute atomic E-state index is 0.685. The predicted molar refractivity (Wildman–Crippen MR) is 59.9 cm³/mol. The molecule has 0 spiro atoms. The molecule has 3 heteroatoms. The highest BCUT2D eigenvalue weighted by Crippen LogP contribution is 2.04. The van der Waals surface area contributed by atoms with E-state index in [-0.39, 0.29) is 0 Å². The van der Waals surface area contributed by atoms with Crippen molar-refractivity contribution in [2.24, 2.45) is 0 Å². The largest absolute Gasteiger partial charge is 0.230 e. The molecular weight excluding hydrogens is 186 g/mol. The van der Waals surface area contributed by atoms with Gasteiger partial charge in [-0.3, -0.25) is 0 Å². The lowest BCUT2D eigenvalue weighted by Gasteiger charge is -1.93. The van der Waals surface area contributed by atoms with Gasteiger partial charge in [-0.25, -0.2) is 4.98 Å². The molecule has 0 saturated carbocycles. The number of aromatic nitrogens is 3. The van der Waals surface area contributed by atoms with Crippen LogP contribution in [0.25, 0.3) is 12.2 Å². The number of rotatable bonds is 2. The van der Waals surface area contributed by atoms with Crippen molar-refractivity contribution >= 4 is 12.2 Å². The van der Waals surface area contributed by atoms with Crippen LogP contribution in [-0.4, -0.2) is 15.2 Å². The van der Waals surface area contributed by atoms with E-state index in [4.69, 9.17) is 0 Å². The molecule has 0 amide bonds. The van der Waals surface area contributed by atoms with Crippen LogP contribution in [0.1, 0.15) is 17.1 Å². The molecule has 3 nitrogen and oxygen atoms in total. The van der Waals surface area contributed by atoms with E-state index in [0.717, 1.165) is 11.3 Å². The molecule has 74 valence electrons. The van der Waals surface area contributed by atoms with E-state index in [1.54, 1.807) is 6.20 Å². The lowest BCUT2D eigenvalue weighted by molar-refractivity contribution is 0.900. The first-order valence-corrected chi connectivity index (χ1v) is 4.74. The SMILES string of the molecule is Cc1nncc(/C=C/c2ccccc2)n1. The van der Waals surface area contributed by atoms with Crippen molar-refractivity contribution in [3.8, 4) is 0 Å². The first-order valence-electron chi connectivity index (χ1n) is 4.74. The van der Waals surface area contributed by atoms with Gasteiger partial charge in [0.25, 0.3) is 0 Å². The van der Waals surface area contributed by atoms with Crippen LogP contribution in [0.4, 0.5) is 0 Å². The summed E-state index contributed by atoms with van der Waals surface area (Å²) in [5, 5.41) is 7.63. The average Bonchev–Trinajstić information content (AvgIpc) is 2.28. The predicted octanol–water partition coefficient (Wildman–Crippen LogP) is 2.35. The van der Waals surface area contributed by atoms with Gasteiger partial charge in [0.15, 0.2) is 0 Å². The normalized spacial score (nSPS) is 10.7. The Balaban J connectivity index is 2.19. The van der Waals surface area contributed by atoms with E-state index in [2.05, 4.69) is 15.2 Å². The van der Waals surface area contributed by atoms with E-state index in [1.165, 1.54) is 0 Å². The van der Waals surface area contributed by atoms with Crippen LogP contribution in [0.5, 0.6) is 0 Å². The Morgan fingerprint density at radius 3 is 2.60 bits per heavy atom. The first kappa shape index (κ1) is 9.52. The Hall–Kier alpha value is -2.03. The van der Waals surface area contributed by atoms with Gasteiger partial charge in [0, 0.05) is 0 Å².